The standard InChI is InChI=1S/C16H16N4OS/c1-11-8-14(18-16(21)15-12(2)17-10-22-15)20(19-11)9-13-6-4-3-5-7-13/h3-8,10H,9H2,1-2H3,(H,18,21). The average Bonchev–Trinajstić information content (AvgIpc) is 3.06. The maximum atomic E-state index is 12.3. The lowest BCUT2D eigenvalue weighted by Crippen LogP contribution is -2.16. The number of aromatic nitrogens is 3. The van der Waals surface area contributed by atoms with E-state index >= 15 is 0 Å². The molecule has 5 nitrogen and oxygen atoms in total. The van der Waals surface area contributed by atoms with Crippen molar-refractivity contribution in [2.24, 2.45) is 0 Å². The number of carbonyl (C=O) groups excluding carboxylic acids is 1. The number of hydrogen-bond acceptors (Lipinski definition) is 4. The van der Waals surface area contributed by atoms with Gasteiger partial charge in [-0.2, -0.15) is 5.10 Å². The maximum absolute atomic E-state index is 12.3. The van der Waals surface area contributed by atoms with Gasteiger partial charge in [0.05, 0.1) is 23.4 Å². The normalized spacial score (nSPS) is 10.6. The summed E-state index contributed by atoms with van der Waals surface area (Å²) in [7, 11) is 0. The van der Waals surface area contributed by atoms with Crippen LogP contribution in [0.4, 0.5) is 5.82 Å². The summed E-state index contributed by atoms with van der Waals surface area (Å²) in [5.74, 6) is 0.549. The van der Waals surface area contributed by atoms with Gasteiger partial charge >= 0.3 is 0 Å². The van der Waals surface area contributed by atoms with Gasteiger partial charge in [-0.05, 0) is 19.4 Å². The van der Waals surface area contributed by atoms with E-state index in [9.17, 15) is 4.79 Å². The summed E-state index contributed by atoms with van der Waals surface area (Å²) in [6.07, 6.45) is 0. The van der Waals surface area contributed by atoms with Gasteiger partial charge in [0, 0.05) is 6.07 Å². The zero-order valence-electron chi connectivity index (χ0n) is 12.4. The Bertz CT molecular complexity index is 792. The second-order valence-corrected chi connectivity index (χ2v) is 5.89. The number of benzene rings is 1. The van der Waals surface area contributed by atoms with Crippen LogP contribution in [0.5, 0.6) is 0 Å². The molecular formula is C16H16N4OS. The Morgan fingerprint density at radius 1 is 1.27 bits per heavy atom. The van der Waals surface area contributed by atoms with Crippen LogP contribution in [0.15, 0.2) is 41.9 Å². The first-order valence-electron chi connectivity index (χ1n) is 6.93. The fraction of sp³-hybridized carbons (Fsp3) is 0.188. The predicted octanol–water partition coefficient (Wildman–Crippen LogP) is 3.26. The molecule has 0 saturated carbocycles. The Balaban J connectivity index is 1.82. The molecule has 0 aliphatic rings. The highest BCUT2D eigenvalue weighted by atomic mass is 32.1. The molecule has 2 heterocycles. The summed E-state index contributed by atoms with van der Waals surface area (Å²) in [5.41, 5.74) is 4.42. The van der Waals surface area contributed by atoms with E-state index in [0.717, 1.165) is 17.0 Å². The van der Waals surface area contributed by atoms with Gasteiger partial charge < -0.3 is 5.32 Å². The fourth-order valence-electron chi connectivity index (χ4n) is 2.22. The third-order valence-corrected chi connectivity index (χ3v) is 4.20. The van der Waals surface area contributed by atoms with Gasteiger partial charge in [-0.25, -0.2) is 9.67 Å². The first-order chi connectivity index (χ1) is 10.6. The monoisotopic (exact) mass is 312 g/mol. The van der Waals surface area contributed by atoms with Crippen LogP contribution in [0.25, 0.3) is 0 Å². The zero-order chi connectivity index (χ0) is 15.5. The van der Waals surface area contributed by atoms with Crippen molar-refractivity contribution < 1.29 is 4.79 Å². The Hall–Kier alpha value is -2.47. The van der Waals surface area contributed by atoms with E-state index in [4.69, 9.17) is 0 Å². The quantitative estimate of drug-likeness (QED) is 0.804. The maximum Gasteiger partial charge on any atom is 0.268 e. The van der Waals surface area contributed by atoms with Gasteiger partial charge in [-0.1, -0.05) is 30.3 Å². The molecule has 0 atom stereocenters. The minimum absolute atomic E-state index is 0.144. The van der Waals surface area contributed by atoms with Crippen LogP contribution < -0.4 is 5.32 Å². The molecule has 0 unspecified atom stereocenters. The van der Waals surface area contributed by atoms with Gasteiger partial charge in [-0.3, -0.25) is 4.79 Å². The third-order valence-electron chi connectivity index (χ3n) is 3.27. The van der Waals surface area contributed by atoms with Crippen molar-refractivity contribution in [3.05, 3.63) is 63.7 Å². The summed E-state index contributed by atoms with van der Waals surface area (Å²) in [5, 5.41) is 7.38. The van der Waals surface area contributed by atoms with Crippen molar-refractivity contribution >= 4 is 23.1 Å². The van der Waals surface area contributed by atoms with Crippen LogP contribution in [-0.4, -0.2) is 20.7 Å². The molecule has 3 aromatic rings. The van der Waals surface area contributed by atoms with E-state index in [1.54, 1.807) is 10.2 Å². The predicted molar refractivity (Wildman–Crippen MR) is 87.3 cm³/mol. The lowest BCUT2D eigenvalue weighted by Gasteiger charge is -2.08. The molecule has 3 rings (SSSR count). The van der Waals surface area contributed by atoms with Crippen LogP contribution in [0.3, 0.4) is 0 Å². The van der Waals surface area contributed by atoms with Crippen LogP contribution in [-0.2, 0) is 6.54 Å². The van der Waals surface area contributed by atoms with Crippen LogP contribution in [0.1, 0.15) is 26.6 Å². The van der Waals surface area contributed by atoms with E-state index in [0.29, 0.717) is 17.2 Å². The third kappa shape index (κ3) is 3.07. The minimum atomic E-state index is -0.144. The summed E-state index contributed by atoms with van der Waals surface area (Å²) in [6, 6.07) is 11.9. The number of nitrogens with one attached hydrogen (secondary N) is 1. The number of hydrogen-bond donors (Lipinski definition) is 1. The molecule has 0 fully saturated rings. The zero-order valence-corrected chi connectivity index (χ0v) is 13.2. The molecule has 1 amide bonds. The summed E-state index contributed by atoms with van der Waals surface area (Å²) in [4.78, 5) is 17.1. The Labute approximate surface area is 132 Å². The van der Waals surface area contributed by atoms with Gasteiger partial charge in [0.15, 0.2) is 0 Å². The van der Waals surface area contributed by atoms with Crippen LogP contribution >= 0.6 is 11.3 Å². The topological polar surface area (TPSA) is 59.8 Å². The SMILES string of the molecule is Cc1cc(NC(=O)c2scnc2C)n(Cc2ccccc2)n1. The van der Waals surface area contributed by atoms with Gasteiger partial charge in [0.25, 0.3) is 5.91 Å². The second-order valence-electron chi connectivity index (χ2n) is 5.04. The molecule has 0 bridgehead atoms. The molecular weight excluding hydrogens is 296 g/mol. The largest absolute Gasteiger partial charge is 0.306 e. The van der Waals surface area contributed by atoms with Gasteiger partial charge in [0.2, 0.25) is 0 Å². The Morgan fingerprint density at radius 2 is 2.05 bits per heavy atom. The molecule has 2 aromatic heterocycles. The highest BCUT2D eigenvalue weighted by molar-refractivity contribution is 7.12. The van der Waals surface area contributed by atoms with E-state index in [1.165, 1.54) is 11.3 Å². The smallest absolute Gasteiger partial charge is 0.268 e. The first-order valence-corrected chi connectivity index (χ1v) is 7.81. The van der Waals surface area contributed by atoms with E-state index in [2.05, 4.69) is 15.4 Å². The molecule has 0 saturated heterocycles. The highest BCUT2D eigenvalue weighted by Gasteiger charge is 2.15. The van der Waals surface area contributed by atoms with E-state index in [1.807, 2.05) is 50.2 Å². The molecule has 6 heteroatoms. The first kappa shape index (κ1) is 14.5. The van der Waals surface area contributed by atoms with Crippen molar-refractivity contribution in [1.82, 2.24) is 14.8 Å². The number of thiazole rings is 1. The molecule has 22 heavy (non-hydrogen) atoms. The van der Waals surface area contributed by atoms with Gasteiger partial charge in [0.1, 0.15) is 10.7 Å². The highest BCUT2D eigenvalue weighted by Crippen LogP contribution is 2.17. The van der Waals surface area contributed by atoms with Crippen LogP contribution in [0, 0.1) is 13.8 Å². The molecule has 112 valence electrons. The second kappa shape index (κ2) is 6.11. The van der Waals surface area contributed by atoms with Crippen molar-refractivity contribution in [3.8, 4) is 0 Å². The molecule has 1 aromatic carbocycles. The van der Waals surface area contributed by atoms with Gasteiger partial charge in [-0.15, -0.1) is 11.3 Å². The number of anilines is 1. The lowest BCUT2D eigenvalue weighted by molar-refractivity contribution is 0.102. The van der Waals surface area contributed by atoms with Crippen molar-refractivity contribution in [2.75, 3.05) is 5.32 Å². The number of nitrogens with zero attached hydrogens (tertiary/aromatic N) is 3. The summed E-state index contributed by atoms with van der Waals surface area (Å²) < 4.78 is 1.80. The molecule has 0 spiro atoms. The van der Waals surface area contributed by atoms with Crippen molar-refractivity contribution in [2.45, 2.75) is 20.4 Å². The van der Waals surface area contributed by atoms with Crippen molar-refractivity contribution in [3.63, 3.8) is 0 Å². The number of carbonyl (C=O) groups is 1. The summed E-state index contributed by atoms with van der Waals surface area (Å²) >= 11 is 1.34. The molecule has 1 N–H and O–H groups in total. The van der Waals surface area contributed by atoms with E-state index in [-0.39, 0.29) is 5.91 Å². The molecule has 0 aliphatic carbocycles. The number of aryl methyl sites for hydroxylation is 2. The lowest BCUT2D eigenvalue weighted by atomic mass is 10.2. The Kier molecular flexibility index (Phi) is 4.02. The number of amides is 1. The molecule has 0 radical (unpaired) electrons. The van der Waals surface area contributed by atoms with Crippen LogP contribution in [0.2, 0.25) is 0 Å². The average molecular weight is 312 g/mol. The minimum Gasteiger partial charge on any atom is -0.306 e. The van der Waals surface area contributed by atoms with E-state index < -0.39 is 0 Å². The molecule has 0 aliphatic heterocycles. The van der Waals surface area contributed by atoms with Crippen molar-refractivity contribution in [1.29, 1.82) is 0 Å². The summed E-state index contributed by atoms with van der Waals surface area (Å²) in [6.45, 7) is 4.36. The Morgan fingerprint density at radius 3 is 2.73 bits per heavy atom. The number of rotatable bonds is 4. The fourth-order valence-corrected chi connectivity index (χ4v) is 2.91.